The molecule has 0 aliphatic rings. The second kappa shape index (κ2) is 7.83. The number of hydrogen-bond donors (Lipinski definition) is 0. The first-order valence-electron chi connectivity index (χ1n) is 7.17. The van der Waals surface area contributed by atoms with Gasteiger partial charge in [0.2, 0.25) is 0 Å². The molecule has 0 aromatic heterocycles. The molecule has 2 aromatic carbocycles. The van der Waals surface area contributed by atoms with Crippen LogP contribution in [0.2, 0.25) is 0 Å². The number of ether oxygens (including phenoxy) is 2. The molecule has 106 valence electrons. The zero-order valence-corrected chi connectivity index (χ0v) is 12.3. The SMILES string of the molecule is CCOCc1ccc(-c2ccccc2COCC)cc1. The minimum absolute atomic E-state index is 0.660. The smallest absolute Gasteiger partial charge is 0.0722 e. The monoisotopic (exact) mass is 270 g/mol. The Morgan fingerprint density at radius 1 is 0.750 bits per heavy atom. The minimum atomic E-state index is 0.660. The molecule has 0 radical (unpaired) electrons. The molecule has 2 nitrogen and oxygen atoms in total. The van der Waals surface area contributed by atoms with Gasteiger partial charge in [-0.3, -0.25) is 0 Å². The van der Waals surface area contributed by atoms with Crippen LogP contribution in [0.25, 0.3) is 11.1 Å². The molecular weight excluding hydrogens is 248 g/mol. The van der Waals surface area contributed by atoms with Gasteiger partial charge >= 0.3 is 0 Å². The van der Waals surface area contributed by atoms with Crippen LogP contribution < -0.4 is 0 Å². The summed E-state index contributed by atoms with van der Waals surface area (Å²) in [6, 6.07) is 17.0. The van der Waals surface area contributed by atoms with Gasteiger partial charge in [0.25, 0.3) is 0 Å². The Kier molecular flexibility index (Phi) is 5.78. The van der Waals surface area contributed by atoms with Crippen LogP contribution >= 0.6 is 0 Å². The Labute approximate surface area is 121 Å². The summed E-state index contributed by atoms with van der Waals surface area (Å²) >= 11 is 0. The lowest BCUT2D eigenvalue weighted by atomic mass is 9.99. The molecule has 2 rings (SSSR count). The van der Waals surface area contributed by atoms with Gasteiger partial charge in [-0.2, -0.15) is 0 Å². The molecule has 0 N–H and O–H groups in total. The zero-order valence-electron chi connectivity index (χ0n) is 12.3. The predicted molar refractivity (Wildman–Crippen MR) is 82.5 cm³/mol. The maximum Gasteiger partial charge on any atom is 0.0722 e. The van der Waals surface area contributed by atoms with Crippen molar-refractivity contribution in [2.24, 2.45) is 0 Å². The summed E-state index contributed by atoms with van der Waals surface area (Å²) in [6.45, 7) is 6.86. The van der Waals surface area contributed by atoms with E-state index in [-0.39, 0.29) is 0 Å². The maximum absolute atomic E-state index is 5.54. The molecular formula is C18H22O2. The molecule has 0 amide bonds. The van der Waals surface area contributed by atoms with Crippen LogP contribution in [0.15, 0.2) is 48.5 Å². The van der Waals surface area contributed by atoms with Gasteiger partial charge in [-0.25, -0.2) is 0 Å². The maximum atomic E-state index is 5.54. The van der Waals surface area contributed by atoms with Crippen molar-refractivity contribution < 1.29 is 9.47 Å². The second-order valence-electron chi connectivity index (χ2n) is 4.63. The Hall–Kier alpha value is -1.64. The number of rotatable bonds is 7. The van der Waals surface area contributed by atoms with E-state index < -0.39 is 0 Å². The largest absolute Gasteiger partial charge is 0.377 e. The Morgan fingerprint density at radius 3 is 2.10 bits per heavy atom. The van der Waals surface area contributed by atoms with Crippen LogP contribution in [0.1, 0.15) is 25.0 Å². The van der Waals surface area contributed by atoms with Crippen molar-refractivity contribution in [3.63, 3.8) is 0 Å². The third kappa shape index (κ3) is 3.92. The van der Waals surface area contributed by atoms with Gasteiger partial charge < -0.3 is 9.47 Å². The average Bonchev–Trinajstić information content (AvgIpc) is 2.52. The molecule has 0 fully saturated rings. The molecule has 0 spiro atoms. The van der Waals surface area contributed by atoms with Crippen LogP contribution in [0.4, 0.5) is 0 Å². The van der Waals surface area contributed by atoms with Gasteiger partial charge in [0.05, 0.1) is 13.2 Å². The fraction of sp³-hybridized carbons (Fsp3) is 0.333. The third-order valence-corrected chi connectivity index (χ3v) is 3.22. The van der Waals surface area contributed by atoms with E-state index in [4.69, 9.17) is 9.47 Å². The van der Waals surface area contributed by atoms with E-state index in [1.54, 1.807) is 0 Å². The molecule has 0 saturated heterocycles. The predicted octanol–water partition coefficient (Wildman–Crippen LogP) is 4.43. The first-order valence-corrected chi connectivity index (χ1v) is 7.17. The molecule has 0 unspecified atom stereocenters. The highest BCUT2D eigenvalue weighted by Crippen LogP contribution is 2.24. The summed E-state index contributed by atoms with van der Waals surface area (Å²) < 4.78 is 11.0. The summed E-state index contributed by atoms with van der Waals surface area (Å²) in [6.07, 6.45) is 0. The van der Waals surface area contributed by atoms with Gasteiger partial charge in [0, 0.05) is 13.2 Å². The van der Waals surface area contributed by atoms with Crippen molar-refractivity contribution >= 4 is 0 Å². The molecule has 0 aliphatic heterocycles. The van der Waals surface area contributed by atoms with Gasteiger partial charge in [-0.05, 0) is 36.1 Å². The second-order valence-corrected chi connectivity index (χ2v) is 4.63. The van der Waals surface area contributed by atoms with E-state index in [1.165, 1.54) is 22.3 Å². The summed E-state index contributed by atoms with van der Waals surface area (Å²) in [4.78, 5) is 0. The van der Waals surface area contributed by atoms with Gasteiger partial charge in [-0.15, -0.1) is 0 Å². The van der Waals surface area contributed by atoms with Crippen molar-refractivity contribution in [1.29, 1.82) is 0 Å². The van der Waals surface area contributed by atoms with Crippen LogP contribution in [0.5, 0.6) is 0 Å². The van der Waals surface area contributed by atoms with E-state index >= 15 is 0 Å². The Morgan fingerprint density at radius 2 is 1.40 bits per heavy atom. The molecule has 2 aromatic rings. The number of hydrogen-bond acceptors (Lipinski definition) is 2. The zero-order chi connectivity index (χ0) is 14.2. The molecule has 0 atom stereocenters. The van der Waals surface area contributed by atoms with Crippen LogP contribution in [-0.4, -0.2) is 13.2 Å². The summed E-state index contributed by atoms with van der Waals surface area (Å²) in [5, 5.41) is 0. The highest BCUT2D eigenvalue weighted by molar-refractivity contribution is 5.67. The van der Waals surface area contributed by atoms with Crippen LogP contribution in [0, 0.1) is 0 Å². The Balaban J connectivity index is 2.18. The van der Waals surface area contributed by atoms with E-state index in [1.807, 2.05) is 13.8 Å². The fourth-order valence-electron chi connectivity index (χ4n) is 2.14. The topological polar surface area (TPSA) is 18.5 Å². The quantitative estimate of drug-likeness (QED) is 0.741. The lowest BCUT2D eigenvalue weighted by Crippen LogP contribution is -1.95. The molecule has 0 aliphatic carbocycles. The van der Waals surface area contributed by atoms with E-state index in [0.717, 1.165) is 13.2 Å². The summed E-state index contributed by atoms with van der Waals surface area (Å²) in [7, 11) is 0. The van der Waals surface area contributed by atoms with E-state index in [0.29, 0.717) is 13.2 Å². The van der Waals surface area contributed by atoms with Gasteiger partial charge in [0.15, 0.2) is 0 Å². The van der Waals surface area contributed by atoms with Crippen LogP contribution in [-0.2, 0) is 22.7 Å². The van der Waals surface area contributed by atoms with E-state index in [2.05, 4.69) is 48.5 Å². The van der Waals surface area contributed by atoms with Crippen molar-refractivity contribution in [2.45, 2.75) is 27.1 Å². The molecule has 0 saturated carbocycles. The van der Waals surface area contributed by atoms with Crippen molar-refractivity contribution in [3.8, 4) is 11.1 Å². The Bertz CT molecular complexity index is 517. The highest BCUT2D eigenvalue weighted by atomic mass is 16.5. The lowest BCUT2D eigenvalue weighted by Gasteiger charge is -2.10. The first-order chi connectivity index (χ1) is 9.85. The van der Waals surface area contributed by atoms with E-state index in [9.17, 15) is 0 Å². The molecule has 0 heterocycles. The molecule has 0 bridgehead atoms. The number of benzene rings is 2. The molecule has 2 heteroatoms. The van der Waals surface area contributed by atoms with Crippen molar-refractivity contribution in [2.75, 3.05) is 13.2 Å². The van der Waals surface area contributed by atoms with Gasteiger partial charge in [0.1, 0.15) is 0 Å². The third-order valence-electron chi connectivity index (χ3n) is 3.22. The first kappa shape index (κ1) is 14.8. The molecule has 20 heavy (non-hydrogen) atoms. The van der Waals surface area contributed by atoms with Crippen molar-refractivity contribution in [3.05, 3.63) is 59.7 Å². The highest BCUT2D eigenvalue weighted by Gasteiger charge is 2.04. The summed E-state index contributed by atoms with van der Waals surface area (Å²) in [5.41, 5.74) is 4.90. The lowest BCUT2D eigenvalue weighted by molar-refractivity contribution is 0.134. The van der Waals surface area contributed by atoms with Gasteiger partial charge in [-0.1, -0.05) is 48.5 Å². The van der Waals surface area contributed by atoms with Crippen LogP contribution in [0.3, 0.4) is 0 Å². The standard InChI is InChI=1S/C18H22O2/c1-3-19-13-15-9-11-16(12-10-15)18-8-6-5-7-17(18)14-20-4-2/h5-12H,3-4,13-14H2,1-2H3. The normalized spacial score (nSPS) is 10.7. The fourth-order valence-corrected chi connectivity index (χ4v) is 2.14. The minimum Gasteiger partial charge on any atom is -0.377 e. The summed E-state index contributed by atoms with van der Waals surface area (Å²) in [5.74, 6) is 0. The average molecular weight is 270 g/mol. The van der Waals surface area contributed by atoms with Crippen molar-refractivity contribution in [1.82, 2.24) is 0 Å².